The molecule has 2 aromatic heterocycles. The van der Waals surface area contributed by atoms with Gasteiger partial charge in [-0.15, -0.1) is 11.3 Å². The molecule has 2 aromatic carbocycles. The predicted octanol–water partition coefficient (Wildman–Crippen LogP) is 6.68. The number of carbonyl (C=O) groups excluding carboxylic acids is 2. The van der Waals surface area contributed by atoms with E-state index in [2.05, 4.69) is 4.98 Å². The molecule has 43 heavy (non-hydrogen) atoms. The number of carbonyl (C=O) groups is 2. The van der Waals surface area contributed by atoms with E-state index < -0.39 is 17.7 Å². The van der Waals surface area contributed by atoms with Gasteiger partial charge in [0.05, 0.1) is 31.3 Å². The lowest BCUT2D eigenvalue weighted by Gasteiger charge is -2.34. The molecule has 0 bridgehead atoms. The fraction of sp³-hybridized carbons (Fsp3) is 0.387. The molecule has 228 valence electrons. The average Bonchev–Trinajstić information content (AvgIpc) is 3.59. The Morgan fingerprint density at radius 1 is 1.19 bits per heavy atom. The third-order valence-electron chi connectivity index (χ3n) is 6.69. The zero-order valence-corrected chi connectivity index (χ0v) is 26.2. The van der Waals surface area contributed by atoms with Gasteiger partial charge in [0.2, 0.25) is 0 Å². The number of aromatic nitrogens is 2. The van der Waals surface area contributed by atoms with Gasteiger partial charge in [-0.2, -0.15) is 0 Å². The predicted molar refractivity (Wildman–Crippen MR) is 164 cm³/mol. The van der Waals surface area contributed by atoms with Crippen LogP contribution in [-0.4, -0.2) is 71.6 Å². The maximum Gasteiger partial charge on any atom is 0.410 e. The molecule has 1 aliphatic rings. The molecule has 3 heterocycles. The molecule has 0 unspecified atom stereocenters. The molecule has 0 N–H and O–H groups in total. The maximum atomic E-state index is 12.7. The van der Waals surface area contributed by atoms with Crippen LogP contribution in [0.15, 0.2) is 54.9 Å². The molecule has 4 aromatic rings. The summed E-state index contributed by atoms with van der Waals surface area (Å²) in [5.74, 6) is 0.497. The largest absolute Gasteiger partial charge is 0.491 e. The van der Waals surface area contributed by atoms with Crippen molar-refractivity contribution in [3.05, 3.63) is 70.3 Å². The van der Waals surface area contributed by atoms with E-state index >= 15 is 0 Å². The van der Waals surface area contributed by atoms with E-state index in [0.717, 1.165) is 16.6 Å². The zero-order chi connectivity index (χ0) is 30.7. The Kier molecular flexibility index (Phi) is 9.14. The Hall–Kier alpha value is -3.80. The van der Waals surface area contributed by atoms with Crippen LogP contribution in [0.1, 0.15) is 49.0 Å². The lowest BCUT2D eigenvalue weighted by molar-refractivity contribution is -0.0557. The first-order chi connectivity index (χ1) is 20.5. The summed E-state index contributed by atoms with van der Waals surface area (Å²) in [6.45, 7) is 8.89. The number of halogens is 1. The van der Waals surface area contributed by atoms with Crippen LogP contribution in [0.2, 0.25) is 5.02 Å². The standard InChI is InChI=1S/C31H34ClN3O7S/c1-19(22-8-6-7-9-23(22)32)41-26-15-27(43-28(26)29(36)38-5)35-18-33-24-11-10-20(14-25(24)35)40-17-21-16-34(12-13-39-21)30(37)42-31(2,3)4/h6-11,14-15,18-19,21H,12-13,16-17H2,1-5H3/t19-,21-/m1/s1. The summed E-state index contributed by atoms with van der Waals surface area (Å²) in [6, 6.07) is 14.8. The van der Waals surface area contributed by atoms with Crippen LogP contribution < -0.4 is 9.47 Å². The van der Waals surface area contributed by atoms with Crippen LogP contribution >= 0.6 is 22.9 Å². The number of benzene rings is 2. The van der Waals surface area contributed by atoms with Gasteiger partial charge in [-0.3, -0.25) is 4.57 Å². The van der Waals surface area contributed by atoms with E-state index in [9.17, 15) is 9.59 Å². The van der Waals surface area contributed by atoms with Crippen molar-refractivity contribution in [1.82, 2.24) is 14.5 Å². The highest BCUT2D eigenvalue weighted by Gasteiger charge is 2.29. The third-order valence-corrected chi connectivity index (χ3v) is 8.13. The van der Waals surface area contributed by atoms with Crippen molar-refractivity contribution in [3.8, 4) is 16.5 Å². The lowest BCUT2D eigenvalue weighted by Crippen LogP contribution is -2.49. The van der Waals surface area contributed by atoms with E-state index in [1.165, 1.54) is 18.4 Å². The van der Waals surface area contributed by atoms with Crippen LogP contribution in [0.5, 0.6) is 11.5 Å². The van der Waals surface area contributed by atoms with Gasteiger partial charge in [-0.05, 0) is 45.9 Å². The van der Waals surface area contributed by atoms with Gasteiger partial charge in [0.1, 0.15) is 47.2 Å². The quantitative estimate of drug-likeness (QED) is 0.199. The molecule has 0 saturated carbocycles. The number of imidazole rings is 1. The number of hydrogen-bond acceptors (Lipinski definition) is 9. The highest BCUT2D eigenvalue weighted by Crippen LogP contribution is 2.38. The Morgan fingerprint density at radius 2 is 1.98 bits per heavy atom. The molecule has 10 nitrogen and oxygen atoms in total. The Labute approximate surface area is 259 Å². The summed E-state index contributed by atoms with van der Waals surface area (Å²) >= 11 is 7.61. The van der Waals surface area contributed by atoms with E-state index in [-0.39, 0.29) is 18.8 Å². The van der Waals surface area contributed by atoms with E-state index in [1.807, 2.05) is 68.7 Å². The molecule has 1 saturated heterocycles. The van der Waals surface area contributed by atoms with Crippen LogP contribution in [-0.2, 0) is 14.2 Å². The van der Waals surface area contributed by atoms with Crippen molar-refractivity contribution in [1.29, 1.82) is 0 Å². The van der Waals surface area contributed by atoms with Gasteiger partial charge >= 0.3 is 12.1 Å². The molecular formula is C31H34ClN3O7S. The topological polar surface area (TPSA) is 101 Å². The monoisotopic (exact) mass is 627 g/mol. The second-order valence-corrected chi connectivity index (χ2v) is 12.5. The number of hydrogen-bond donors (Lipinski definition) is 0. The fourth-order valence-electron chi connectivity index (χ4n) is 4.62. The number of morpholine rings is 1. The number of ether oxygens (including phenoxy) is 5. The number of methoxy groups -OCH3 is 1. The van der Waals surface area contributed by atoms with Crippen LogP contribution in [0, 0.1) is 0 Å². The van der Waals surface area contributed by atoms with Crippen molar-refractivity contribution in [2.45, 2.75) is 45.5 Å². The number of esters is 1. The first kappa shape index (κ1) is 30.7. The van der Waals surface area contributed by atoms with Gasteiger partial charge in [0.25, 0.3) is 0 Å². The number of rotatable bonds is 8. The number of thiophene rings is 1. The molecule has 2 atom stereocenters. The number of amides is 1. The summed E-state index contributed by atoms with van der Waals surface area (Å²) in [6.07, 6.45) is 0.609. The van der Waals surface area contributed by atoms with Crippen LogP contribution in [0.3, 0.4) is 0 Å². The number of fused-ring (bicyclic) bond motifs is 1. The first-order valence-electron chi connectivity index (χ1n) is 13.9. The van der Waals surface area contributed by atoms with E-state index in [4.69, 9.17) is 35.3 Å². The van der Waals surface area contributed by atoms with Crippen molar-refractivity contribution >= 4 is 46.0 Å². The third kappa shape index (κ3) is 7.23. The van der Waals surface area contributed by atoms with Crippen molar-refractivity contribution in [2.24, 2.45) is 0 Å². The van der Waals surface area contributed by atoms with E-state index in [1.54, 1.807) is 23.4 Å². The molecule has 1 aliphatic heterocycles. The Bertz CT molecular complexity index is 1610. The van der Waals surface area contributed by atoms with Gasteiger partial charge < -0.3 is 28.6 Å². The minimum atomic E-state index is -0.569. The minimum Gasteiger partial charge on any atom is -0.491 e. The minimum absolute atomic E-state index is 0.252. The van der Waals surface area contributed by atoms with Crippen LogP contribution in [0.25, 0.3) is 16.0 Å². The van der Waals surface area contributed by atoms with Gasteiger partial charge in [0, 0.05) is 29.3 Å². The summed E-state index contributed by atoms with van der Waals surface area (Å²) < 4.78 is 30.6. The van der Waals surface area contributed by atoms with Gasteiger partial charge in [-0.25, -0.2) is 14.6 Å². The van der Waals surface area contributed by atoms with Crippen molar-refractivity contribution in [3.63, 3.8) is 0 Å². The molecule has 0 radical (unpaired) electrons. The fourth-order valence-corrected chi connectivity index (χ4v) is 5.90. The highest BCUT2D eigenvalue weighted by molar-refractivity contribution is 7.16. The molecule has 0 aliphatic carbocycles. The highest BCUT2D eigenvalue weighted by atomic mass is 35.5. The molecule has 1 fully saturated rings. The lowest BCUT2D eigenvalue weighted by atomic mass is 10.1. The van der Waals surface area contributed by atoms with E-state index in [0.29, 0.717) is 46.1 Å². The normalized spacial score (nSPS) is 16.1. The Morgan fingerprint density at radius 3 is 2.72 bits per heavy atom. The number of nitrogens with zero attached hydrogens (tertiary/aromatic N) is 3. The van der Waals surface area contributed by atoms with Crippen molar-refractivity contribution in [2.75, 3.05) is 33.4 Å². The van der Waals surface area contributed by atoms with Gasteiger partial charge in [-0.1, -0.05) is 29.8 Å². The molecule has 5 rings (SSSR count). The van der Waals surface area contributed by atoms with Crippen LogP contribution in [0.4, 0.5) is 4.79 Å². The Balaban J connectivity index is 1.34. The molecule has 1 amide bonds. The van der Waals surface area contributed by atoms with Crippen molar-refractivity contribution < 1.29 is 33.3 Å². The second kappa shape index (κ2) is 12.8. The maximum absolute atomic E-state index is 12.7. The summed E-state index contributed by atoms with van der Waals surface area (Å²) in [5, 5.41) is 1.29. The SMILES string of the molecule is COC(=O)c1sc(-n2cnc3ccc(OC[C@H]4CN(C(=O)OC(C)(C)C)CCO4)cc32)cc1O[C@H](C)c1ccccc1Cl. The first-order valence-corrected chi connectivity index (χ1v) is 15.0. The molecule has 0 spiro atoms. The summed E-state index contributed by atoms with van der Waals surface area (Å²) in [7, 11) is 1.34. The second-order valence-electron chi connectivity index (χ2n) is 11.0. The molecular weight excluding hydrogens is 594 g/mol. The smallest absolute Gasteiger partial charge is 0.410 e. The molecule has 12 heteroatoms. The summed E-state index contributed by atoms with van der Waals surface area (Å²) in [4.78, 5) is 31.7. The summed E-state index contributed by atoms with van der Waals surface area (Å²) in [5.41, 5.74) is 1.76. The van der Waals surface area contributed by atoms with Gasteiger partial charge in [0.15, 0.2) is 4.88 Å². The zero-order valence-electron chi connectivity index (χ0n) is 24.7. The average molecular weight is 628 g/mol.